The van der Waals surface area contributed by atoms with Crippen LogP contribution in [-0.2, 0) is 9.59 Å². The quantitative estimate of drug-likeness (QED) is 0.766. The third kappa shape index (κ3) is 4.51. The average molecular weight is 268 g/mol. The van der Waals surface area contributed by atoms with Crippen molar-refractivity contribution >= 4 is 11.8 Å². The van der Waals surface area contributed by atoms with Crippen LogP contribution in [0.3, 0.4) is 0 Å². The summed E-state index contributed by atoms with van der Waals surface area (Å²) in [6, 6.07) is 0. The Bertz CT molecular complexity index is 303. The smallest absolute Gasteiger partial charge is 0.225 e. The van der Waals surface area contributed by atoms with Gasteiger partial charge in [0, 0.05) is 38.5 Å². The Kier molecular flexibility index (Phi) is 6.32. The number of rotatable bonds is 5. The van der Waals surface area contributed by atoms with E-state index in [0.29, 0.717) is 38.5 Å². The van der Waals surface area contributed by atoms with Gasteiger partial charge in [0.2, 0.25) is 11.8 Å². The molecule has 0 aromatic rings. The largest absolute Gasteiger partial charge is 0.339 e. The highest BCUT2D eigenvalue weighted by Gasteiger charge is 2.27. The van der Waals surface area contributed by atoms with Crippen LogP contribution in [0.15, 0.2) is 0 Å². The van der Waals surface area contributed by atoms with E-state index < -0.39 is 0 Å². The average Bonchev–Trinajstić information content (AvgIpc) is 2.39. The van der Waals surface area contributed by atoms with Crippen molar-refractivity contribution in [3.8, 4) is 0 Å². The zero-order valence-corrected chi connectivity index (χ0v) is 12.8. The van der Waals surface area contributed by atoms with Crippen molar-refractivity contribution < 1.29 is 9.59 Å². The molecule has 0 spiro atoms. The van der Waals surface area contributed by atoms with E-state index in [1.165, 1.54) is 0 Å². The lowest BCUT2D eigenvalue weighted by Crippen LogP contribution is -2.52. The summed E-state index contributed by atoms with van der Waals surface area (Å²) in [4.78, 5) is 28.0. The van der Waals surface area contributed by atoms with Crippen LogP contribution in [-0.4, -0.2) is 47.8 Å². The molecule has 1 heterocycles. The second-order valence-corrected chi connectivity index (χ2v) is 5.82. The van der Waals surface area contributed by atoms with Crippen LogP contribution in [0.25, 0.3) is 0 Å². The summed E-state index contributed by atoms with van der Waals surface area (Å²) < 4.78 is 0. The molecule has 110 valence electrons. The molecule has 0 aromatic heterocycles. The van der Waals surface area contributed by atoms with Gasteiger partial charge in [-0.1, -0.05) is 27.7 Å². The molecule has 1 aliphatic heterocycles. The van der Waals surface area contributed by atoms with E-state index in [2.05, 4.69) is 27.7 Å². The van der Waals surface area contributed by atoms with Gasteiger partial charge >= 0.3 is 0 Å². The summed E-state index contributed by atoms with van der Waals surface area (Å²) in [7, 11) is 0. The molecular formula is C15H28N2O2. The molecule has 0 saturated carbocycles. The lowest BCUT2D eigenvalue weighted by atomic mass is 10.0. The van der Waals surface area contributed by atoms with Crippen LogP contribution in [0.5, 0.6) is 0 Å². The van der Waals surface area contributed by atoms with Crippen LogP contribution < -0.4 is 0 Å². The molecule has 1 rings (SSSR count). The Morgan fingerprint density at radius 1 is 0.947 bits per heavy atom. The lowest BCUT2D eigenvalue weighted by molar-refractivity contribution is -0.142. The van der Waals surface area contributed by atoms with E-state index in [-0.39, 0.29) is 17.7 Å². The minimum atomic E-state index is 0.151. The predicted molar refractivity (Wildman–Crippen MR) is 76.7 cm³/mol. The number of hydrogen-bond acceptors (Lipinski definition) is 2. The molecule has 4 heteroatoms. The molecular weight excluding hydrogens is 240 g/mol. The van der Waals surface area contributed by atoms with E-state index >= 15 is 0 Å². The van der Waals surface area contributed by atoms with E-state index in [1.54, 1.807) is 0 Å². The van der Waals surface area contributed by atoms with Crippen molar-refractivity contribution in [3.63, 3.8) is 0 Å². The minimum absolute atomic E-state index is 0.151. The monoisotopic (exact) mass is 268 g/mol. The number of hydrogen-bond donors (Lipinski definition) is 0. The Morgan fingerprint density at radius 2 is 1.42 bits per heavy atom. The van der Waals surface area contributed by atoms with Crippen molar-refractivity contribution in [2.45, 2.75) is 47.0 Å². The third-order valence-electron chi connectivity index (χ3n) is 3.86. The minimum Gasteiger partial charge on any atom is -0.339 e. The highest BCUT2D eigenvalue weighted by Crippen LogP contribution is 2.15. The molecule has 1 aliphatic rings. The van der Waals surface area contributed by atoms with Crippen LogP contribution in [0.4, 0.5) is 0 Å². The second kappa shape index (κ2) is 7.51. The van der Waals surface area contributed by atoms with Gasteiger partial charge < -0.3 is 9.80 Å². The zero-order chi connectivity index (χ0) is 14.4. The van der Waals surface area contributed by atoms with Crippen LogP contribution >= 0.6 is 0 Å². The number of carbonyl (C=O) groups excluding carboxylic acids is 2. The SMILES string of the molecule is CCC(CC)C(=O)N1CCN(C(=O)CC(C)C)CC1. The third-order valence-corrected chi connectivity index (χ3v) is 3.86. The number of piperazine rings is 1. The fourth-order valence-corrected chi connectivity index (χ4v) is 2.55. The predicted octanol–water partition coefficient (Wildman–Crippen LogP) is 2.14. The van der Waals surface area contributed by atoms with Crippen molar-refractivity contribution in [1.82, 2.24) is 9.80 Å². The van der Waals surface area contributed by atoms with Crippen molar-refractivity contribution in [2.75, 3.05) is 26.2 Å². The Balaban J connectivity index is 2.44. The molecule has 19 heavy (non-hydrogen) atoms. The molecule has 0 unspecified atom stereocenters. The first kappa shape index (κ1) is 16.0. The molecule has 0 aliphatic carbocycles. The molecule has 0 aromatic carbocycles. The Morgan fingerprint density at radius 3 is 1.84 bits per heavy atom. The van der Waals surface area contributed by atoms with Gasteiger partial charge in [0.15, 0.2) is 0 Å². The topological polar surface area (TPSA) is 40.6 Å². The molecule has 1 fully saturated rings. The number of carbonyl (C=O) groups is 2. The molecule has 0 atom stereocenters. The van der Waals surface area contributed by atoms with Gasteiger partial charge in [-0.2, -0.15) is 0 Å². The van der Waals surface area contributed by atoms with Gasteiger partial charge in [-0.25, -0.2) is 0 Å². The highest BCUT2D eigenvalue weighted by atomic mass is 16.2. The number of nitrogens with zero attached hydrogens (tertiary/aromatic N) is 2. The summed E-state index contributed by atoms with van der Waals surface area (Å²) in [5.41, 5.74) is 0. The fraction of sp³-hybridized carbons (Fsp3) is 0.867. The summed E-state index contributed by atoms with van der Waals surface area (Å²) >= 11 is 0. The van der Waals surface area contributed by atoms with Crippen molar-refractivity contribution in [2.24, 2.45) is 11.8 Å². The van der Waals surface area contributed by atoms with Crippen molar-refractivity contribution in [1.29, 1.82) is 0 Å². The Hall–Kier alpha value is -1.06. The molecule has 0 N–H and O–H groups in total. The van der Waals surface area contributed by atoms with Crippen LogP contribution in [0, 0.1) is 11.8 Å². The molecule has 2 amide bonds. The van der Waals surface area contributed by atoms with Crippen LogP contribution in [0.2, 0.25) is 0 Å². The van der Waals surface area contributed by atoms with Gasteiger partial charge in [-0.05, 0) is 18.8 Å². The maximum atomic E-state index is 12.2. The fourth-order valence-electron chi connectivity index (χ4n) is 2.55. The molecule has 0 radical (unpaired) electrons. The van der Waals surface area contributed by atoms with E-state index in [9.17, 15) is 9.59 Å². The first-order valence-corrected chi connectivity index (χ1v) is 7.56. The first-order valence-electron chi connectivity index (χ1n) is 7.56. The summed E-state index contributed by atoms with van der Waals surface area (Å²) in [5.74, 6) is 1.04. The normalized spacial score (nSPS) is 16.3. The summed E-state index contributed by atoms with van der Waals surface area (Å²) in [5, 5.41) is 0. The van der Waals surface area contributed by atoms with Gasteiger partial charge in [-0.15, -0.1) is 0 Å². The van der Waals surface area contributed by atoms with Gasteiger partial charge in [-0.3, -0.25) is 9.59 Å². The highest BCUT2D eigenvalue weighted by molar-refractivity contribution is 5.80. The summed E-state index contributed by atoms with van der Waals surface area (Å²) in [6.45, 7) is 11.0. The maximum Gasteiger partial charge on any atom is 0.225 e. The molecule has 1 saturated heterocycles. The second-order valence-electron chi connectivity index (χ2n) is 5.82. The van der Waals surface area contributed by atoms with Gasteiger partial charge in [0.1, 0.15) is 0 Å². The first-order chi connectivity index (χ1) is 8.99. The standard InChI is InChI=1S/C15H28N2O2/c1-5-13(6-2)15(19)17-9-7-16(8-10-17)14(18)11-12(3)4/h12-13H,5-11H2,1-4H3. The maximum absolute atomic E-state index is 12.2. The van der Waals surface area contributed by atoms with E-state index in [0.717, 1.165) is 12.8 Å². The van der Waals surface area contributed by atoms with Crippen molar-refractivity contribution in [3.05, 3.63) is 0 Å². The van der Waals surface area contributed by atoms with Gasteiger partial charge in [0.05, 0.1) is 0 Å². The summed E-state index contributed by atoms with van der Waals surface area (Å²) in [6.07, 6.45) is 2.42. The lowest BCUT2D eigenvalue weighted by Gasteiger charge is -2.36. The van der Waals surface area contributed by atoms with E-state index in [1.807, 2.05) is 9.80 Å². The molecule has 0 bridgehead atoms. The number of amides is 2. The van der Waals surface area contributed by atoms with E-state index in [4.69, 9.17) is 0 Å². The Labute approximate surface area is 117 Å². The van der Waals surface area contributed by atoms with Crippen LogP contribution in [0.1, 0.15) is 47.0 Å². The zero-order valence-electron chi connectivity index (χ0n) is 12.8. The van der Waals surface area contributed by atoms with Gasteiger partial charge in [0.25, 0.3) is 0 Å². The molecule has 4 nitrogen and oxygen atoms in total.